The van der Waals surface area contributed by atoms with Crippen LogP contribution in [0.3, 0.4) is 0 Å². The second kappa shape index (κ2) is 5.96. The fraction of sp³-hybridized carbons (Fsp3) is 0.429. The zero-order chi connectivity index (χ0) is 13.8. The van der Waals surface area contributed by atoms with Crippen LogP contribution in [0, 0.1) is 12.3 Å². The minimum absolute atomic E-state index is 0.00933. The molecule has 3 N–H and O–H groups in total. The fourth-order valence-electron chi connectivity index (χ4n) is 1.48. The number of rotatable bonds is 5. The monoisotopic (exact) mass is 264 g/mol. The van der Waals surface area contributed by atoms with Crippen molar-refractivity contribution in [2.24, 2.45) is 11.1 Å². The Balaban J connectivity index is 2.50. The van der Waals surface area contributed by atoms with Crippen LogP contribution in [0.5, 0.6) is 0 Å². The molecular weight excluding hydrogens is 244 g/mol. The van der Waals surface area contributed by atoms with E-state index in [1.54, 1.807) is 0 Å². The van der Waals surface area contributed by atoms with E-state index in [0.29, 0.717) is 18.0 Å². The number of hydrogen-bond acceptors (Lipinski definition) is 2. The first-order valence-corrected chi connectivity index (χ1v) is 6.34. The fourth-order valence-corrected chi connectivity index (χ4v) is 1.55. The summed E-state index contributed by atoms with van der Waals surface area (Å²) < 4.78 is 0. The molecule has 18 heavy (non-hydrogen) atoms. The molecule has 0 atom stereocenters. The third-order valence-electron chi connectivity index (χ3n) is 2.84. The SMILES string of the molecule is Cc1cccc(CC(=O)NCC(C)(C)C(N)=S)c1. The molecule has 0 saturated carbocycles. The number of nitrogens with two attached hydrogens (primary N) is 1. The van der Waals surface area contributed by atoms with Gasteiger partial charge in [0.25, 0.3) is 0 Å². The summed E-state index contributed by atoms with van der Waals surface area (Å²) in [6, 6.07) is 7.93. The van der Waals surface area contributed by atoms with E-state index in [2.05, 4.69) is 5.32 Å². The molecule has 1 amide bonds. The molecule has 1 aromatic carbocycles. The first-order valence-electron chi connectivity index (χ1n) is 5.93. The van der Waals surface area contributed by atoms with Gasteiger partial charge in [0.2, 0.25) is 5.91 Å². The summed E-state index contributed by atoms with van der Waals surface area (Å²) in [6.45, 7) is 6.31. The number of amides is 1. The van der Waals surface area contributed by atoms with Gasteiger partial charge in [-0.05, 0) is 12.5 Å². The lowest BCUT2D eigenvalue weighted by molar-refractivity contribution is -0.120. The van der Waals surface area contributed by atoms with E-state index in [-0.39, 0.29) is 11.3 Å². The maximum Gasteiger partial charge on any atom is 0.224 e. The van der Waals surface area contributed by atoms with Crippen molar-refractivity contribution in [1.82, 2.24) is 5.32 Å². The highest BCUT2D eigenvalue weighted by molar-refractivity contribution is 7.80. The quantitative estimate of drug-likeness (QED) is 0.799. The van der Waals surface area contributed by atoms with Gasteiger partial charge in [-0.25, -0.2) is 0 Å². The number of nitrogens with one attached hydrogen (secondary N) is 1. The van der Waals surface area contributed by atoms with E-state index in [1.165, 1.54) is 0 Å². The number of hydrogen-bond donors (Lipinski definition) is 2. The Labute approximate surface area is 114 Å². The normalized spacial score (nSPS) is 11.1. The van der Waals surface area contributed by atoms with Crippen LogP contribution in [0.1, 0.15) is 25.0 Å². The number of thiocarbonyl (C=S) groups is 1. The summed E-state index contributed by atoms with van der Waals surface area (Å²) in [4.78, 5) is 12.2. The smallest absolute Gasteiger partial charge is 0.224 e. The molecule has 98 valence electrons. The summed E-state index contributed by atoms with van der Waals surface area (Å²) in [5, 5.41) is 2.87. The minimum Gasteiger partial charge on any atom is -0.393 e. The molecular formula is C14H20N2OS. The van der Waals surface area contributed by atoms with Crippen molar-refractivity contribution < 1.29 is 4.79 Å². The van der Waals surface area contributed by atoms with Gasteiger partial charge in [0.05, 0.1) is 11.4 Å². The van der Waals surface area contributed by atoms with Crippen LogP contribution >= 0.6 is 12.2 Å². The second-order valence-electron chi connectivity index (χ2n) is 5.19. The van der Waals surface area contributed by atoms with E-state index in [0.717, 1.165) is 11.1 Å². The topological polar surface area (TPSA) is 55.1 Å². The highest BCUT2D eigenvalue weighted by Crippen LogP contribution is 2.13. The number of benzene rings is 1. The summed E-state index contributed by atoms with van der Waals surface area (Å²) in [5.41, 5.74) is 7.43. The molecule has 0 bridgehead atoms. The highest BCUT2D eigenvalue weighted by atomic mass is 32.1. The standard InChI is InChI=1S/C14H20N2OS/c1-10-5-4-6-11(7-10)8-12(17)16-9-14(2,3)13(15)18/h4-7H,8-9H2,1-3H3,(H2,15,18)(H,16,17). The molecule has 0 aliphatic carbocycles. The van der Waals surface area contributed by atoms with E-state index in [1.807, 2.05) is 45.0 Å². The van der Waals surface area contributed by atoms with E-state index >= 15 is 0 Å². The molecule has 1 rings (SSSR count). The Morgan fingerprint density at radius 3 is 2.67 bits per heavy atom. The van der Waals surface area contributed by atoms with Gasteiger partial charge in [-0.15, -0.1) is 0 Å². The molecule has 0 aromatic heterocycles. The highest BCUT2D eigenvalue weighted by Gasteiger charge is 2.21. The van der Waals surface area contributed by atoms with Gasteiger partial charge in [-0.2, -0.15) is 0 Å². The van der Waals surface area contributed by atoms with Crippen LogP contribution in [0.4, 0.5) is 0 Å². The molecule has 0 aliphatic rings. The Bertz CT molecular complexity index is 455. The lowest BCUT2D eigenvalue weighted by Crippen LogP contribution is -2.41. The van der Waals surface area contributed by atoms with E-state index in [4.69, 9.17) is 18.0 Å². The summed E-state index contributed by atoms with van der Waals surface area (Å²) in [7, 11) is 0. The van der Waals surface area contributed by atoms with E-state index < -0.39 is 0 Å². The molecule has 0 fully saturated rings. The van der Waals surface area contributed by atoms with Crippen LogP contribution in [-0.2, 0) is 11.2 Å². The van der Waals surface area contributed by atoms with Gasteiger partial charge < -0.3 is 11.1 Å². The molecule has 4 heteroatoms. The molecule has 0 saturated heterocycles. The van der Waals surface area contributed by atoms with Gasteiger partial charge in [0.15, 0.2) is 0 Å². The van der Waals surface area contributed by atoms with Crippen LogP contribution in [0.25, 0.3) is 0 Å². The second-order valence-corrected chi connectivity index (χ2v) is 5.63. The first kappa shape index (κ1) is 14.6. The average Bonchev–Trinajstić information content (AvgIpc) is 2.26. The molecule has 3 nitrogen and oxygen atoms in total. The molecule has 0 heterocycles. The van der Waals surface area contributed by atoms with Crippen molar-refractivity contribution >= 4 is 23.1 Å². The number of aryl methyl sites for hydroxylation is 1. The Hall–Kier alpha value is -1.42. The first-order chi connectivity index (χ1) is 8.31. The van der Waals surface area contributed by atoms with Crippen LogP contribution < -0.4 is 11.1 Å². The van der Waals surface area contributed by atoms with Crippen molar-refractivity contribution in [2.45, 2.75) is 27.2 Å². The van der Waals surface area contributed by atoms with E-state index in [9.17, 15) is 4.79 Å². The maximum absolute atomic E-state index is 11.8. The van der Waals surface area contributed by atoms with Gasteiger partial charge >= 0.3 is 0 Å². The van der Waals surface area contributed by atoms with Crippen molar-refractivity contribution in [3.63, 3.8) is 0 Å². The number of carbonyl (C=O) groups is 1. The molecule has 1 aromatic rings. The van der Waals surface area contributed by atoms with Crippen LogP contribution in [-0.4, -0.2) is 17.4 Å². The van der Waals surface area contributed by atoms with Gasteiger partial charge in [0.1, 0.15) is 0 Å². The minimum atomic E-state index is -0.350. The van der Waals surface area contributed by atoms with Crippen LogP contribution in [0.15, 0.2) is 24.3 Å². The maximum atomic E-state index is 11.8. The zero-order valence-electron chi connectivity index (χ0n) is 11.1. The zero-order valence-corrected chi connectivity index (χ0v) is 11.9. The van der Waals surface area contributed by atoms with Crippen molar-refractivity contribution in [1.29, 1.82) is 0 Å². The summed E-state index contributed by atoms with van der Waals surface area (Å²) in [6.07, 6.45) is 0.384. The predicted octanol–water partition coefficient (Wildman–Crippen LogP) is 1.97. The largest absolute Gasteiger partial charge is 0.393 e. The average molecular weight is 264 g/mol. The lowest BCUT2D eigenvalue weighted by atomic mass is 9.93. The molecule has 0 spiro atoms. The van der Waals surface area contributed by atoms with Crippen molar-refractivity contribution in [3.8, 4) is 0 Å². The van der Waals surface area contributed by atoms with Gasteiger partial charge in [-0.3, -0.25) is 4.79 Å². The van der Waals surface area contributed by atoms with Gasteiger partial charge in [0, 0.05) is 12.0 Å². The predicted molar refractivity (Wildman–Crippen MR) is 78.5 cm³/mol. The summed E-state index contributed by atoms with van der Waals surface area (Å²) >= 11 is 4.96. The van der Waals surface area contributed by atoms with Crippen molar-refractivity contribution in [3.05, 3.63) is 35.4 Å². The molecule has 0 unspecified atom stereocenters. The third-order valence-corrected chi connectivity index (χ3v) is 3.39. The molecule has 0 radical (unpaired) electrons. The van der Waals surface area contributed by atoms with Crippen LogP contribution in [0.2, 0.25) is 0 Å². The molecule has 0 aliphatic heterocycles. The lowest BCUT2D eigenvalue weighted by Gasteiger charge is -2.23. The number of carbonyl (C=O) groups excluding carboxylic acids is 1. The van der Waals surface area contributed by atoms with Crippen molar-refractivity contribution in [2.75, 3.05) is 6.54 Å². The Morgan fingerprint density at radius 2 is 2.11 bits per heavy atom. The van der Waals surface area contributed by atoms with Gasteiger partial charge in [-0.1, -0.05) is 55.9 Å². The Kier molecular flexibility index (Phi) is 4.84. The Morgan fingerprint density at radius 1 is 1.44 bits per heavy atom. The third kappa shape index (κ3) is 4.45. The summed E-state index contributed by atoms with van der Waals surface area (Å²) in [5.74, 6) is -0.00933.